The first-order valence-electron chi connectivity index (χ1n) is 5.53. The largest absolute Gasteiger partial charge is 0.507 e. The summed E-state index contributed by atoms with van der Waals surface area (Å²) < 4.78 is 0. The lowest BCUT2D eigenvalue weighted by atomic mass is 9.84. The molecular weight excluding hydrogens is 238 g/mol. The highest BCUT2D eigenvalue weighted by molar-refractivity contribution is 6.31. The first-order chi connectivity index (χ1) is 7.77. The number of carbonyl (C=O) groups excluding carboxylic acids is 1. The fraction of sp³-hybridized carbons (Fsp3) is 0.462. The Bertz CT molecular complexity index is 436. The third-order valence-electron chi connectivity index (χ3n) is 2.55. The molecule has 0 saturated carbocycles. The van der Waals surface area contributed by atoms with E-state index >= 15 is 0 Å². The fourth-order valence-corrected chi connectivity index (χ4v) is 1.87. The maximum absolute atomic E-state index is 11.8. The molecule has 4 heteroatoms. The Morgan fingerprint density at radius 2 is 2.00 bits per heavy atom. The Balaban J connectivity index is 3.34. The van der Waals surface area contributed by atoms with Gasteiger partial charge in [0.15, 0.2) is 5.78 Å². The van der Waals surface area contributed by atoms with E-state index in [-0.39, 0.29) is 35.5 Å². The third-order valence-corrected chi connectivity index (χ3v) is 2.77. The maximum atomic E-state index is 11.8. The second kappa shape index (κ2) is 5.07. The predicted molar refractivity (Wildman–Crippen MR) is 69.8 cm³/mol. The van der Waals surface area contributed by atoms with Gasteiger partial charge >= 0.3 is 0 Å². The van der Waals surface area contributed by atoms with Crippen LogP contribution in [-0.2, 0) is 5.41 Å². The van der Waals surface area contributed by atoms with E-state index in [1.54, 1.807) is 6.07 Å². The number of benzene rings is 1. The van der Waals surface area contributed by atoms with Crippen molar-refractivity contribution < 1.29 is 9.90 Å². The van der Waals surface area contributed by atoms with E-state index in [9.17, 15) is 9.90 Å². The molecule has 0 heterocycles. The SMILES string of the molecule is CC(C)(C)c1cc(Cl)cc(C(=O)CCN)c1O. The molecular formula is C13H18ClNO2. The molecule has 0 atom stereocenters. The van der Waals surface area contributed by atoms with Crippen LogP contribution in [0, 0.1) is 0 Å². The molecule has 0 aliphatic heterocycles. The van der Waals surface area contributed by atoms with Crippen LogP contribution in [0.25, 0.3) is 0 Å². The number of rotatable bonds is 3. The van der Waals surface area contributed by atoms with Crippen molar-refractivity contribution in [3.63, 3.8) is 0 Å². The summed E-state index contributed by atoms with van der Waals surface area (Å²) in [5.41, 5.74) is 6.00. The number of hydrogen-bond donors (Lipinski definition) is 2. The van der Waals surface area contributed by atoms with Crippen LogP contribution in [0.15, 0.2) is 12.1 Å². The van der Waals surface area contributed by atoms with Gasteiger partial charge in [-0.3, -0.25) is 4.79 Å². The lowest BCUT2D eigenvalue weighted by molar-refractivity contribution is 0.0982. The number of nitrogens with two attached hydrogens (primary N) is 1. The Kier molecular flexibility index (Phi) is 4.17. The molecule has 0 spiro atoms. The lowest BCUT2D eigenvalue weighted by Crippen LogP contribution is -2.14. The molecule has 0 unspecified atom stereocenters. The van der Waals surface area contributed by atoms with Crippen molar-refractivity contribution in [2.45, 2.75) is 32.6 Å². The molecule has 0 aliphatic carbocycles. The topological polar surface area (TPSA) is 63.3 Å². The molecule has 0 aliphatic rings. The summed E-state index contributed by atoms with van der Waals surface area (Å²) >= 11 is 5.98. The summed E-state index contributed by atoms with van der Waals surface area (Å²) in [5, 5.41) is 10.6. The van der Waals surface area contributed by atoms with E-state index in [2.05, 4.69) is 0 Å². The van der Waals surface area contributed by atoms with Crippen molar-refractivity contribution in [3.8, 4) is 5.75 Å². The molecule has 0 radical (unpaired) electrons. The van der Waals surface area contributed by atoms with E-state index in [4.69, 9.17) is 17.3 Å². The van der Waals surface area contributed by atoms with Crippen LogP contribution in [0.4, 0.5) is 0 Å². The number of aromatic hydroxyl groups is 1. The van der Waals surface area contributed by atoms with Gasteiger partial charge in [-0.05, 0) is 24.1 Å². The Hall–Kier alpha value is -1.06. The number of phenolic OH excluding ortho intramolecular Hbond substituents is 1. The van der Waals surface area contributed by atoms with E-state index in [0.29, 0.717) is 10.6 Å². The third kappa shape index (κ3) is 3.20. The quantitative estimate of drug-likeness (QED) is 0.817. The van der Waals surface area contributed by atoms with Gasteiger partial charge in [0.05, 0.1) is 5.56 Å². The summed E-state index contributed by atoms with van der Waals surface area (Å²) in [4.78, 5) is 11.8. The Morgan fingerprint density at radius 3 is 2.47 bits per heavy atom. The van der Waals surface area contributed by atoms with Crippen LogP contribution in [0.5, 0.6) is 5.75 Å². The number of ketones is 1. The monoisotopic (exact) mass is 255 g/mol. The zero-order chi connectivity index (χ0) is 13.2. The summed E-state index contributed by atoms with van der Waals surface area (Å²) in [6.07, 6.45) is 0.206. The van der Waals surface area contributed by atoms with E-state index in [1.165, 1.54) is 6.07 Å². The number of carbonyl (C=O) groups is 1. The van der Waals surface area contributed by atoms with Gasteiger partial charge < -0.3 is 10.8 Å². The molecule has 3 N–H and O–H groups in total. The summed E-state index contributed by atoms with van der Waals surface area (Å²) in [6, 6.07) is 3.18. The van der Waals surface area contributed by atoms with Gasteiger partial charge in [-0.1, -0.05) is 32.4 Å². The minimum absolute atomic E-state index is 0.0142. The lowest BCUT2D eigenvalue weighted by Gasteiger charge is -2.22. The molecule has 1 aromatic carbocycles. The minimum atomic E-state index is -0.271. The second-order valence-corrected chi connectivity index (χ2v) is 5.50. The number of halogens is 1. The Labute approximate surface area is 107 Å². The molecule has 1 aromatic rings. The van der Waals surface area contributed by atoms with Gasteiger partial charge in [0.2, 0.25) is 0 Å². The van der Waals surface area contributed by atoms with Gasteiger partial charge in [-0.15, -0.1) is 0 Å². The van der Waals surface area contributed by atoms with Crippen LogP contribution in [0.3, 0.4) is 0 Å². The highest BCUT2D eigenvalue weighted by atomic mass is 35.5. The smallest absolute Gasteiger partial charge is 0.167 e. The Morgan fingerprint density at radius 1 is 1.41 bits per heavy atom. The highest BCUT2D eigenvalue weighted by Crippen LogP contribution is 2.36. The van der Waals surface area contributed by atoms with E-state index in [1.807, 2.05) is 20.8 Å². The predicted octanol–water partition coefficient (Wildman–Crippen LogP) is 2.87. The summed E-state index contributed by atoms with van der Waals surface area (Å²) in [6.45, 7) is 6.12. The zero-order valence-corrected chi connectivity index (χ0v) is 11.1. The van der Waals surface area contributed by atoms with Gasteiger partial charge in [-0.25, -0.2) is 0 Å². The fourth-order valence-electron chi connectivity index (χ4n) is 1.65. The summed E-state index contributed by atoms with van der Waals surface area (Å²) in [7, 11) is 0. The first-order valence-corrected chi connectivity index (χ1v) is 5.91. The average molecular weight is 256 g/mol. The van der Waals surface area contributed by atoms with Crippen LogP contribution in [0.2, 0.25) is 5.02 Å². The second-order valence-electron chi connectivity index (χ2n) is 5.06. The molecule has 17 heavy (non-hydrogen) atoms. The first kappa shape index (κ1) is 14.0. The average Bonchev–Trinajstić information content (AvgIpc) is 2.19. The van der Waals surface area contributed by atoms with E-state index < -0.39 is 0 Å². The number of phenols is 1. The van der Waals surface area contributed by atoms with Crippen molar-refractivity contribution in [2.24, 2.45) is 5.73 Å². The molecule has 1 rings (SSSR count). The van der Waals surface area contributed by atoms with Crippen LogP contribution >= 0.6 is 11.6 Å². The van der Waals surface area contributed by atoms with Gasteiger partial charge in [0.25, 0.3) is 0 Å². The normalized spacial score (nSPS) is 11.6. The van der Waals surface area contributed by atoms with Crippen molar-refractivity contribution in [1.29, 1.82) is 0 Å². The molecule has 94 valence electrons. The molecule has 0 amide bonds. The zero-order valence-electron chi connectivity index (χ0n) is 10.4. The van der Waals surface area contributed by atoms with Crippen LogP contribution in [0.1, 0.15) is 43.1 Å². The van der Waals surface area contributed by atoms with Crippen molar-refractivity contribution in [1.82, 2.24) is 0 Å². The standard InChI is InChI=1S/C13H18ClNO2/c1-13(2,3)10-7-8(14)6-9(12(10)17)11(16)4-5-15/h6-7,17H,4-5,15H2,1-3H3. The van der Waals surface area contributed by atoms with Crippen LogP contribution in [-0.4, -0.2) is 17.4 Å². The summed E-state index contributed by atoms with van der Waals surface area (Å²) in [5.74, 6) is -0.168. The molecule has 0 bridgehead atoms. The number of hydrogen-bond acceptors (Lipinski definition) is 3. The van der Waals surface area contributed by atoms with Crippen molar-refractivity contribution in [3.05, 3.63) is 28.3 Å². The molecule has 0 saturated heterocycles. The van der Waals surface area contributed by atoms with Crippen LogP contribution < -0.4 is 5.73 Å². The van der Waals surface area contributed by atoms with Crippen molar-refractivity contribution in [2.75, 3.05) is 6.54 Å². The minimum Gasteiger partial charge on any atom is -0.507 e. The van der Waals surface area contributed by atoms with Gasteiger partial charge in [-0.2, -0.15) is 0 Å². The van der Waals surface area contributed by atoms with Gasteiger partial charge in [0.1, 0.15) is 5.75 Å². The maximum Gasteiger partial charge on any atom is 0.167 e. The highest BCUT2D eigenvalue weighted by Gasteiger charge is 2.23. The van der Waals surface area contributed by atoms with Crippen molar-refractivity contribution >= 4 is 17.4 Å². The molecule has 0 aromatic heterocycles. The number of Topliss-reactive ketones (excluding diaryl/α,β-unsaturated/α-hetero) is 1. The molecule has 3 nitrogen and oxygen atoms in total. The molecule has 0 fully saturated rings. The van der Waals surface area contributed by atoms with E-state index in [0.717, 1.165) is 0 Å². The van der Waals surface area contributed by atoms with Gasteiger partial charge in [0, 0.05) is 17.0 Å².